The van der Waals surface area contributed by atoms with Crippen LogP contribution in [0.5, 0.6) is 0 Å². The molecule has 4 heteroatoms. The van der Waals surface area contributed by atoms with E-state index in [1.165, 1.54) is 11.1 Å². The smallest absolute Gasteiger partial charge is 0.237 e. The molecule has 1 aliphatic heterocycles. The summed E-state index contributed by atoms with van der Waals surface area (Å²) in [7, 11) is 0. The predicted octanol–water partition coefficient (Wildman–Crippen LogP) is 2.35. The lowest BCUT2D eigenvalue weighted by molar-refractivity contribution is -0.127. The molecule has 2 N–H and O–H groups in total. The van der Waals surface area contributed by atoms with Gasteiger partial charge in [0.2, 0.25) is 5.91 Å². The summed E-state index contributed by atoms with van der Waals surface area (Å²) >= 11 is 0. The lowest BCUT2D eigenvalue weighted by atomic mass is 9.84. The molecule has 1 aromatic rings. The Bertz CT molecular complexity index is 536. The molecule has 4 nitrogen and oxygen atoms in total. The fourth-order valence-corrected chi connectivity index (χ4v) is 3.16. The number of carbonyl (C=O) groups is 1. The highest BCUT2D eigenvalue weighted by Gasteiger charge is 2.30. The number of fused-ring (bicyclic) bond motifs is 1. The number of hydrogen-bond donors (Lipinski definition) is 2. The fraction of sp³-hybridized carbons (Fsp3) is 0.632. The van der Waals surface area contributed by atoms with E-state index in [1.54, 1.807) is 0 Å². The van der Waals surface area contributed by atoms with Crippen molar-refractivity contribution in [2.75, 3.05) is 13.2 Å². The first-order valence-corrected chi connectivity index (χ1v) is 8.55. The molecule has 0 bridgehead atoms. The molecule has 1 amide bonds. The molecule has 2 rings (SSSR count). The summed E-state index contributed by atoms with van der Waals surface area (Å²) in [6.45, 7) is 10.1. The monoisotopic (exact) mass is 318 g/mol. The molecule has 2 unspecified atom stereocenters. The maximum atomic E-state index is 12.7. The van der Waals surface area contributed by atoms with Crippen molar-refractivity contribution in [1.29, 1.82) is 0 Å². The van der Waals surface area contributed by atoms with Gasteiger partial charge in [-0.3, -0.25) is 9.69 Å². The lowest BCUT2D eigenvalue weighted by Gasteiger charge is -2.36. The van der Waals surface area contributed by atoms with Crippen LogP contribution in [0, 0.1) is 5.41 Å². The molecule has 1 aromatic carbocycles. The second-order valence-electron chi connectivity index (χ2n) is 7.60. The van der Waals surface area contributed by atoms with Crippen molar-refractivity contribution in [2.24, 2.45) is 5.41 Å². The van der Waals surface area contributed by atoms with E-state index in [1.807, 2.05) is 6.92 Å². The molecule has 0 aromatic heterocycles. The van der Waals surface area contributed by atoms with E-state index in [9.17, 15) is 9.90 Å². The van der Waals surface area contributed by atoms with Gasteiger partial charge in [-0.1, -0.05) is 45.0 Å². The molecule has 128 valence electrons. The van der Waals surface area contributed by atoms with Gasteiger partial charge in [0.15, 0.2) is 0 Å². The summed E-state index contributed by atoms with van der Waals surface area (Å²) in [6, 6.07) is 8.29. The Kier molecular flexibility index (Phi) is 5.82. The second kappa shape index (κ2) is 7.45. The van der Waals surface area contributed by atoms with Crippen LogP contribution < -0.4 is 5.32 Å². The number of nitrogens with one attached hydrogen (secondary N) is 1. The Balaban J connectivity index is 2.00. The highest BCUT2D eigenvalue weighted by Crippen LogP contribution is 2.23. The third kappa shape index (κ3) is 4.55. The van der Waals surface area contributed by atoms with Crippen LogP contribution in [0.15, 0.2) is 24.3 Å². The van der Waals surface area contributed by atoms with Gasteiger partial charge in [0.05, 0.1) is 6.04 Å². The van der Waals surface area contributed by atoms with Gasteiger partial charge in [0.1, 0.15) is 0 Å². The molecule has 0 spiro atoms. The van der Waals surface area contributed by atoms with E-state index in [4.69, 9.17) is 0 Å². The van der Waals surface area contributed by atoms with Crippen LogP contribution >= 0.6 is 0 Å². The van der Waals surface area contributed by atoms with Gasteiger partial charge in [-0.25, -0.2) is 0 Å². The Morgan fingerprint density at radius 2 is 1.96 bits per heavy atom. The standard InChI is InChI=1S/C19H30N2O2/c1-14(18(23)20-17(10-12-22)19(2,3)4)21-11-9-15-7-5-6-8-16(15)13-21/h5-8,14,17,22H,9-13H2,1-4H3,(H,20,23). The largest absolute Gasteiger partial charge is 0.396 e. The molecule has 0 saturated carbocycles. The van der Waals surface area contributed by atoms with Crippen LogP contribution in [0.3, 0.4) is 0 Å². The van der Waals surface area contributed by atoms with Gasteiger partial charge in [0, 0.05) is 25.7 Å². The van der Waals surface area contributed by atoms with E-state index in [0.29, 0.717) is 6.42 Å². The van der Waals surface area contributed by atoms with Crippen LogP contribution in [0.25, 0.3) is 0 Å². The number of rotatable bonds is 5. The minimum Gasteiger partial charge on any atom is -0.396 e. The first-order chi connectivity index (χ1) is 10.8. The van der Waals surface area contributed by atoms with Gasteiger partial charge >= 0.3 is 0 Å². The maximum absolute atomic E-state index is 12.7. The number of benzene rings is 1. The van der Waals surface area contributed by atoms with Crippen molar-refractivity contribution in [1.82, 2.24) is 10.2 Å². The Morgan fingerprint density at radius 3 is 2.57 bits per heavy atom. The lowest BCUT2D eigenvalue weighted by Crippen LogP contribution is -2.52. The van der Waals surface area contributed by atoms with Crippen molar-refractivity contribution >= 4 is 5.91 Å². The topological polar surface area (TPSA) is 52.6 Å². The first kappa shape index (κ1) is 18.0. The van der Waals surface area contributed by atoms with Crippen LogP contribution in [0.4, 0.5) is 0 Å². The van der Waals surface area contributed by atoms with E-state index in [0.717, 1.165) is 19.5 Å². The normalized spacial score (nSPS) is 18.1. The van der Waals surface area contributed by atoms with Crippen molar-refractivity contribution in [2.45, 2.75) is 59.2 Å². The summed E-state index contributed by atoms with van der Waals surface area (Å²) < 4.78 is 0. The summed E-state index contributed by atoms with van der Waals surface area (Å²) in [5.74, 6) is 0.0535. The zero-order valence-corrected chi connectivity index (χ0v) is 14.8. The first-order valence-electron chi connectivity index (χ1n) is 8.55. The molecule has 0 fully saturated rings. The zero-order valence-electron chi connectivity index (χ0n) is 14.8. The van der Waals surface area contributed by atoms with Crippen LogP contribution in [0.1, 0.15) is 45.2 Å². The van der Waals surface area contributed by atoms with Gasteiger partial charge in [-0.15, -0.1) is 0 Å². The third-order valence-electron chi connectivity index (χ3n) is 4.87. The molecular weight excluding hydrogens is 288 g/mol. The molecule has 1 aliphatic rings. The third-order valence-corrected chi connectivity index (χ3v) is 4.87. The molecule has 2 atom stereocenters. The van der Waals surface area contributed by atoms with E-state index >= 15 is 0 Å². The summed E-state index contributed by atoms with van der Waals surface area (Å²) in [4.78, 5) is 14.9. The van der Waals surface area contributed by atoms with Crippen molar-refractivity contribution < 1.29 is 9.90 Å². The number of carbonyl (C=O) groups excluding carboxylic acids is 1. The Hall–Kier alpha value is -1.39. The highest BCUT2D eigenvalue weighted by atomic mass is 16.3. The van der Waals surface area contributed by atoms with Crippen LogP contribution in [0.2, 0.25) is 0 Å². The minimum atomic E-state index is -0.160. The zero-order chi connectivity index (χ0) is 17.0. The molecule has 23 heavy (non-hydrogen) atoms. The highest BCUT2D eigenvalue weighted by molar-refractivity contribution is 5.81. The quantitative estimate of drug-likeness (QED) is 0.876. The number of amides is 1. The fourth-order valence-electron chi connectivity index (χ4n) is 3.16. The number of aliphatic hydroxyl groups excluding tert-OH is 1. The van der Waals surface area contributed by atoms with Crippen molar-refractivity contribution in [3.8, 4) is 0 Å². The Morgan fingerprint density at radius 1 is 1.30 bits per heavy atom. The molecule has 0 aliphatic carbocycles. The molecule has 0 radical (unpaired) electrons. The average molecular weight is 318 g/mol. The van der Waals surface area contributed by atoms with Gasteiger partial charge in [-0.2, -0.15) is 0 Å². The average Bonchev–Trinajstić information content (AvgIpc) is 2.52. The second-order valence-corrected chi connectivity index (χ2v) is 7.60. The molecular formula is C19H30N2O2. The molecule has 0 saturated heterocycles. The maximum Gasteiger partial charge on any atom is 0.237 e. The van der Waals surface area contributed by atoms with E-state index in [2.05, 4.69) is 55.3 Å². The number of aliphatic hydroxyl groups is 1. The van der Waals surface area contributed by atoms with Crippen molar-refractivity contribution in [3.05, 3.63) is 35.4 Å². The van der Waals surface area contributed by atoms with Gasteiger partial charge < -0.3 is 10.4 Å². The van der Waals surface area contributed by atoms with Gasteiger partial charge in [0.25, 0.3) is 0 Å². The Labute approximate surface area is 139 Å². The summed E-state index contributed by atoms with van der Waals surface area (Å²) in [5, 5.41) is 12.4. The SMILES string of the molecule is CC(C(=O)NC(CCO)C(C)(C)C)N1CCc2ccccc2C1. The number of hydrogen-bond acceptors (Lipinski definition) is 3. The van der Waals surface area contributed by atoms with E-state index in [-0.39, 0.29) is 30.0 Å². The molecule has 1 heterocycles. The van der Waals surface area contributed by atoms with Crippen LogP contribution in [-0.4, -0.2) is 41.1 Å². The van der Waals surface area contributed by atoms with Gasteiger partial charge in [-0.05, 0) is 36.3 Å². The van der Waals surface area contributed by atoms with E-state index < -0.39 is 0 Å². The summed E-state index contributed by atoms with van der Waals surface area (Å²) in [6.07, 6.45) is 1.58. The van der Waals surface area contributed by atoms with Crippen LogP contribution in [-0.2, 0) is 17.8 Å². The number of nitrogens with zero attached hydrogens (tertiary/aromatic N) is 1. The van der Waals surface area contributed by atoms with Crippen molar-refractivity contribution in [3.63, 3.8) is 0 Å². The summed E-state index contributed by atoms with van der Waals surface area (Å²) in [5.41, 5.74) is 2.65. The predicted molar refractivity (Wildman–Crippen MR) is 93.1 cm³/mol. The minimum absolute atomic E-state index is 0.0143.